The van der Waals surface area contributed by atoms with Gasteiger partial charge in [-0.3, -0.25) is 4.79 Å². The van der Waals surface area contributed by atoms with Crippen molar-refractivity contribution >= 4 is 5.97 Å². The Morgan fingerprint density at radius 1 is 1.47 bits per heavy atom. The summed E-state index contributed by atoms with van der Waals surface area (Å²) in [5.41, 5.74) is 2.00. The molecular formula is C13H16O4. The maximum atomic E-state index is 11.1. The topological polar surface area (TPSA) is 55.8 Å². The molecule has 4 heteroatoms. The first-order valence-corrected chi connectivity index (χ1v) is 5.64. The van der Waals surface area contributed by atoms with Crippen LogP contribution in [0.4, 0.5) is 0 Å². The monoisotopic (exact) mass is 236 g/mol. The van der Waals surface area contributed by atoms with Gasteiger partial charge in [0.2, 0.25) is 0 Å². The third kappa shape index (κ3) is 2.65. The van der Waals surface area contributed by atoms with Gasteiger partial charge < -0.3 is 14.6 Å². The smallest absolute Gasteiger partial charge is 0.309 e. The summed E-state index contributed by atoms with van der Waals surface area (Å²) in [7, 11) is 1.65. The van der Waals surface area contributed by atoms with Gasteiger partial charge in [0.1, 0.15) is 0 Å². The zero-order valence-corrected chi connectivity index (χ0v) is 9.76. The highest BCUT2D eigenvalue weighted by Gasteiger charge is 2.34. The standard InChI is InChI=1S/C13H16O4/c1-16-8-9-2-4-10(5-3-9)12-11(13(14)15)6-7-17-12/h2-5,11-12H,6-8H2,1H3,(H,14,15). The van der Waals surface area contributed by atoms with Gasteiger partial charge in [0, 0.05) is 13.7 Å². The third-order valence-electron chi connectivity index (χ3n) is 3.03. The van der Waals surface area contributed by atoms with E-state index in [1.54, 1.807) is 7.11 Å². The molecule has 0 aromatic heterocycles. The van der Waals surface area contributed by atoms with Crippen LogP contribution in [0.1, 0.15) is 23.7 Å². The number of methoxy groups -OCH3 is 1. The molecule has 1 aliphatic rings. The van der Waals surface area contributed by atoms with Crippen molar-refractivity contribution in [3.05, 3.63) is 35.4 Å². The van der Waals surface area contributed by atoms with E-state index in [0.717, 1.165) is 11.1 Å². The van der Waals surface area contributed by atoms with Crippen LogP contribution >= 0.6 is 0 Å². The van der Waals surface area contributed by atoms with Crippen LogP contribution in [0.2, 0.25) is 0 Å². The van der Waals surface area contributed by atoms with Gasteiger partial charge in [0.15, 0.2) is 0 Å². The number of rotatable bonds is 4. The van der Waals surface area contributed by atoms with Gasteiger partial charge in [-0.2, -0.15) is 0 Å². The second-order valence-electron chi connectivity index (χ2n) is 4.20. The number of carboxylic acid groups (broad SMARTS) is 1. The number of carbonyl (C=O) groups is 1. The first-order valence-electron chi connectivity index (χ1n) is 5.64. The Labute approximate surface area is 100 Å². The first kappa shape index (κ1) is 12.1. The normalized spacial score (nSPS) is 23.8. The summed E-state index contributed by atoms with van der Waals surface area (Å²) < 4.78 is 10.5. The Bertz CT molecular complexity index is 385. The van der Waals surface area contributed by atoms with Crippen molar-refractivity contribution in [1.82, 2.24) is 0 Å². The molecule has 4 nitrogen and oxygen atoms in total. The quantitative estimate of drug-likeness (QED) is 0.868. The lowest BCUT2D eigenvalue weighted by Crippen LogP contribution is -2.17. The fraction of sp³-hybridized carbons (Fsp3) is 0.462. The molecule has 0 bridgehead atoms. The molecule has 0 radical (unpaired) electrons. The van der Waals surface area contributed by atoms with Crippen LogP contribution in [-0.2, 0) is 20.9 Å². The number of carboxylic acids is 1. The molecule has 2 unspecified atom stereocenters. The second kappa shape index (κ2) is 5.29. The van der Waals surface area contributed by atoms with Gasteiger partial charge in [-0.1, -0.05) is 24.3 Å². The molecule has 1 saturated heterocycles. The molecule has 1 aromatic rings. The molecule has 17 heavy (non-hydrogen) atoms. The Morgan fingerprint density at radius 3 is 2.76 bits per heavy atom. The largest absolute Gasteiger partial charge is 0.481 e. The van der Waals surface area contributed by atoms with Crippen molar-refractivity contribution in [3.63, 3.8) is 0 Å². The fourth-order valence-corrected chi connectivity index (χ4v) is 2.14. The lowest BCUT2D eigenvalue weighted by molar-refractivity contribution is -0.143. The van der Waals surface area contributed by atoms with Gasteiger partial charge in [0.05, 0.1) is 18.6 Å². The molecule has 1 heterocycles. The highest BCUT2D eigenvalue weighted by atomic mass is 16.5. The van der Waals surface area contributed by atoms with Crippen LogP contribution in [-0.4, -0.2) is 24.8 Å². The van der Waals surface area contributed by atoms with Gasteiger partial charge >= 0.3 is 5.97 Å². The molecule has 1 aromatic carbocycles. The molecule has 0 amide bonds. The van der Waals surface area contributed by atoms with Crippen LogP contribution in [0.15, 0.2) is 24.3 Å². The molecular weight excluding hydrogens is 220 g/mol. The lowest BCUT2D eigenvalue weighted by atomic mass is 9.95. The van der Waals surface area contributed by atoms with E-state index in [9.17, 15) is 4.79 Å². The number of hydrogen-bond acceptors (Lipinski definition) is 3. The summed E-state index contributed by atoms with van der Waals surface area (Å²) in [6, 6.07) is 7.72. The number of aliphatic carboxylic acids is 1. The Balaban J connectivity index is 2.13. The highest BCUT2D eigenvalue weighted by molar-refractivity contribution is 5.71. The molecule has 1 fully saturated rings. The number of hydrogen-bond donors (Lipinski definition) is 1. The van der Waals surface area contributed by atoms with Crippen molar-refractivity contribution in [3.8, 4) is 0 Å². The Morgan fingerprint density at radius 2 is 2.18 bits per heavy atom. The Kier molecular flexibility index (Phi) is 3.76. The third-order valence-corrected chi connectivity index (χ3v) is 3.03. The van der Waals surface area contributed by atoms with Crippen molar-refractivity contribution < 1.29 is 19.4 Å². The second-order valence-corrected chi connectivity index (χ2v) is 4.20. The predicted octanol–water partition coefficient (Wildman–Crippen LogP) is 2.00. The van der Waals surface area contributed by atoms with E-state index in [4.69, 9.17) is 14.6 Å². The highest BCUT2D eigenvalue weighted by Crippen LogP contribution is 2.34. The molecule has 0 spiro atoms. The zero-order chi connectivity index (χ0) is 12.3. The fourth-order valence-electron chi connectivity index (χ4n) is 2.14. The molecule has 92 valence electrons. The zero-order valence-electron chi connectivity index (χ0n) is 9.76. The summed E-state index contributed by atoms with van der Waals surface area (Å²) in [4.78, 5) is 11.1. The average Bonchev–Trinajstić information content (AvgIpc) is 2.79. The minimum absolute atomic E-state index is 0.316. The summed E-state index contributed by atoms with van der Waals surface area (Å²) in [6.45, 7) is 1.08. The molecule has 0 saturated carbocycles. The maximum absolute atomic E-state index is 11.1. The first-order chi connectivity index (χ1) is 8.22. The van der Waals surface area contributed by atoms with E-state index < -0.39 is 11.9 Å². The molecule has 2 atom stereocenters. The van der Waals surface area contributed by atoms with Crippen LogP contribution in [0, 0.1) is 5.92 Å². The summed E-state index contributed by atoms with van der Waals surface area (Å²) in [6.07, 6.45) is 0.268. The van der Waals surface area contributed by atoms with Crippen molar-refractivity contribution in [1.29, 1.82) is 0 Å². The van der Waals surface area contributed by atoms with Crippen molar-refractivity contribution in [2.24, 2.45) is 5.92 Å². The average molecular weight is 236 g/mol. The molecule has 2 rings (SSSR count). The van der Waals surface area contributed by atoms with Crippen LogP contribution < -0.4 is 0 Å². The Hall–Kier alpha value is -1.39. The van der Waals surface area contributed by atoms with Gasteiger partial charge in [-0.25, -0.2) is 0 Å². The van der Waals surface area contributed by atoms with E-state index in [-0.39, 0.29) is 6.10 Å². The van der Waals surface area contributed by atoms with Gasteiger partial charge in [-0.05, 0) is 17.5 Å². The van der Waals surface area contributed by atoms with E-state index >= 15 is 0 Å². The van der Waals surface area contributed by atoms with Crippen molar-refractivity contribution in [2.45, 2.75) is 19.1 Å². The van der Waals surface area contributed by atoms with Crippen molar-refractivity contribution in [2.75, 3.05) is 13.7 Å². The van der Waals surface area contributed by atoms with E-state index in [1.165, 1.54) is 0 Å². The minimum Gasteiger partial charge on any atom is -0.481 e. The van der Waals surface area contributed by atoms with E-state index in [2.05, 4.69) is 0 Å². The number of ether oxygens (including phenoxy) is 2. The molecule has 0 aliphatic carbocycles. The number of benzene rings is 1. The molecule has 1 N–H and O–H groups in total. The lowest BCUT2D eigenvalue weighted by Gasteiger charge is -2.15. The molecule has 1 aliphatic heterocycles. The summed E-state index contributed by atoms with van der Waals surface area (Å²) in [5, 5.41) is 9.08. The van der Waals surface area contributed by atoms with Gasteiger partial charge in [0.25, 0.3) is 0 Å². The van der Waals surface area contributed by atoms with E-state index in [1.807, 2.05) is 24.3 Å². The van der Waals surface area contributed by atoms with E-state index in [0.29, 0.717) is 19.6 Å². The summed E-state index contributed by atoms with van der Waals surface area (Å²) in [5.74, 6) is -1.21. The van der Waals surface area contributed by atoms with Crippen LogP contribution in [0.5, 0.6) is 0 Å². The predicted molar refractivity (Wildman–Crippen MR) is 61.6 cm³/mol. The van der Waals surface area contributed by atoms with Gasteiger partial charge in [-0.15, -0.1) is 0 Å². The minimum atomic E-state index is -0.784. The van der Waals surface area contributed by atoms with Crippen LogP contribution in [0.3, 0.4) is 0 Å². The maximum Gasteiger partial charge on any atom is 0.309 e. The SMILES string of the molecule is COCc1ccc(C2OCCC2C(=O)O)cc1. The summed E-state index contributed by atoms with van der Waals surface area (Å²) >= 11 is 0. The van der Waals surface area contributed by atoms with Crippen LogP contribution in [0.25, 0.3) is 0 Å².